The van der Waals surface area contributed by atoms with Gasteiger partial charge in [0.05, 0.1) is 19.2 Å². The number of rotatable bonds is 6. The van der Waals surface area contributed by atoms with Gasteiger partial charge < -0.3 is 25.0 Å². The molecule has 0 radical (unpaired) electrons. The van der Waals surface area contributed by atoms with Gasteiger partial charge in [-0.2, -0.15) is 0 Å². The maximum Gasteiger partial charge on any atom is 0.313 e. The maximum atomic E-state index is 12.4. The lowest BCUT2D eigenvalue weighted by molar-refractivity contribution is -0.136. The summed E-state index contributed by atoms with van der Waals surface area (Å²) in [6.07, 6.45) is 1.59. The first-order valence-corrected chi connectivity index (χ1v) is 10.2. The van der Waals surface area contributed by atoms with Crippen molar-refractivity contribution in [2.75, 3.05) is 37.5 Å². The van der Waals surface area contributed by atoms with E-state index in [4.69, 9.17) is 9.47 Å². The average Bonchev–Trinajstić information content (AvgIpc) is 3.10. The summed E-state index contributed by atoms with van der Waals surface area (Å²) in [4.78, 5) is 38.8. The predicted octanol–water partition coefficient (Wildman–Crippen LogP) is 1.97. The number of hydrogen-bond acceptors (Lipinski definition) is 5. The summed E-state index contributed by atoms with van der Waals surface area (Å²) in [5.41, 5.74) is 4.20. The van der Waals surface area contributed by atoms with E-state index in [-0.39, 0.29) is 12.5 Å². The molecule has 8 heteroatoms. The SMILES string of the molecule is COc1ccccc1C(CNC(=O)C(=O)Nc1cc2c3c(c1)CC(=O)N3CCC2)OC. The Bertz CT molecular complexity index is 1040. The van der Waals surface area contributed by atoms with Crippen LogP contribution in [0.4, 0.5) is 11.4 Å². The van der Waals surface area contributed by atoms with Crippen LogP contribution in [0.2, 0.25) is 0 Å². The van der Waals surface area contributed by atoms with Crippen LogP contribution in [0.15, 0.2) is 36.4 Å². The summed E-state index contributed by atoms with van der Waals surface area (Å²) in [5, 5.41) is 5.27. The Morgan fingerprint density at radius 1 is 1.13 bits per heavy atom. The van der Waals surface area contributed by atoms with Crippen molar-refractivity contribution in [3.8, 4) is 5.75 Å². The molecule has 2 N–H and O–H groups in total. The third-order valence-electron chi connectivity index (χ3n) is 5.69. The Morgan fingerprint density at radius 2 is 1.90 bits per heavy atom. The summed E-state index contributed by atoms with van der Waals surface area (Å²) in [6.45, 7) is 0.849. The van der Waals surface area contributed by atoms with Crippen molar-refractivity contribution in [3.63, 3.8) is 0 Å². The first-order valence-electron chi connectivity index (χ1n) is 10.2. The van der Waals surface area contributed by atoms with Gasteiger partial charge in [0.2, 0.25) is 5.91 Å². The molecule has 2 aromatic carbocycles. The number of ether oxygens (including phenoxy) is 2. The van der Waals surface area contributed by atoms with Crippen molar-refractivity contribution in [2.24, 2.45) is 0 Å². The fraction of sp³-hybridized carbons (Fsp3) is 0.348. The summed E-state index contributed by atoms with van der Waals surface area (Å²) < 4.78 is 10.8. The number of para-hydroxylation sites is 1. The Kier molecular flexibility index (Phi) is 5.90. The molecule has 1 atom stereocenters. The highest BCUT2D eigenvalue weighted by Gasteiger charge is 2.32. The number of carbonyl (C=O) groups is 3. The number of aryl methyl sites for hydroxylation is 1. The average molecular weight is 423 g/mol. The van der Waals surface area contributed by atoms with Crippen LogP contribution in [-0.4, -0.2) is 45.0 Å². The van der Waals surface area contributed by atoms with Crippen LogP contribution in [0.1, 0.15) is 29.2 Å². The zero-order chi connectivity index (χ0) is 22.0. The fourth-order valence-corrected chi connectivity index (χ4v) is 4.26. The van der Waals surface area contributed by atoms with E-state index in [1.54, 1.807) is 13.2 Å². The van der Waals surface area contributed by atoms with Gasteiger partial charge in [-0.3, -0.25) is 14.4 Å². The van der Waals surface area contributed by atoms with Crippen LogP contribution in [0.5, 0.6) is 5.75 Å². The Hall–Kier alpha value is -3.39. The van der Waals surface area contributed by atoms with Crippen molar-refractivity contribution in [1.29, 1.82) is 0 Å². The minimum absolute atomic E-state index is 0.0825. The van der Waals surface area contributed by atoms with Crippen molar-refractivity contribution >= 4 is 29.1 Å². The highest BCUT2D eigenvalue weighted by Crippen LogP contribution is 2.38. The van der Waals surface area contributed by atoms with E-state index < -0.39 is 17.9 Å². The number of hydrogen-bond donors (Lipinski definition) is 2. The van der Waals surface area contributed by atoms with E-state index in [0.717, 1.165) is 41.8 Å². The van der Waals surface area contributed by atoms with E-state index in [1.807, 2.05) is 35.2 Å². The quantitative estimate of drug-likeness (QED) is 0.693. The summed E-state index contributed by atoms with van der Waals surface area (Å²) >= 11 is 0. The van der Waals surface area contributed by atoms with Gasteiger partial charge in [-0.15, -0.1) is 0 Å². The molecular weight excluding hydrogens is 398 g/mol. The van der Waals surface area contributed by atoms with E-state index in [2.05, 4.69) is 10.6 Å². The molecule has 2 aliphatic heterocycles. The molecule has 0 saturated carbocycles. The highest BCUT2D eigenvalue weighted by molar-refractivity contribution is 6.39. The van der Waals surface area contributed by atoms with E-state index in [1.165, 1.54) is 7.11 Å². The smallest absolute Gasteiger partial charge is 0.313 e. The number of nitrogens with zero attached hydrogens (tertiary/aromatic N) is 1. The lowest BCUT2D eigenvalue weighted by Gasteiger charge is -2.26. The van der Waals surface area contributed by atoms with Crippen molar-refractivity contribution in [2.45, 2.75) is 25.4 Å². The number of carbonyl (C=O) groups excluding carboxylic acids is 3. The lowest BCUT2D eigenvalue weighted by Crippen LogP contribution is -2.38. The molecule has 1 unspecified atom stereocenters. The van der Waals surface area contributed by atoms with Gasteiger partial charge >= 0.3 is 11.8 Å². The molecule has 2 aromatic rings. The van der Waals surface area contributed by atoms with Gasteiger partial charge in [-0.1, -0.05) is 18.2 Å². The highest BCUT2D eigenvalue weighted by atomic mass is 16.5. The molecule has 0 fully saturated rings. The zero-order valence-electron chi connectivity index (χ0n) is 17.6. The van der Waals surface area contributed by atoms with E-state index in [0.29, 0.717) is 17.9 Å². The number of anilines is 2. The van der Waals surface area contributed by atoms with Crippen molar-refractivity contribution < 1.29 is 23.9 Å². The number of benzene rings is 2. The molecule has 0 bridgehead atoms. The number of amides is 3. The van der Waals surface area contributed by atoms with Crippen LogP contribution in [-0.2, 0) is 32.0 Å². The second kappa shape index (κ2) is 8.77. The van der Waals surface area contributed by atoms with Gasteiger partial charge in [-0.25, -0.2) is 0 Å². The van der Waals surface area contributed by atoms with Crippen LogP contribution in [0.3, 0.4) is 0 Å². The molecule has 0 aliphatic carbocycles. The first kappa shape index (κ1) is 20.9. The maximum absolute atomic E-state index is 12.4. The van der Waals surface area contributed by atoms with Crippen molar-refractivity contribution in [1.82, 2.24) is 5.32 Å². The van der Waals surface area contributed by atoms with Gasteiger partial charge in [0.25, 0.3) is 0 Å². The van der Waals surface area contributed by atoms with Gasteiger partial charge in [-0.05, 0) is 42.2 Å². The van der Waals surface area contributed by atoms with Crippen LogP contribution < -0.4 is 20.3 Å². The Labute approximate surface area is 180 Å². The fourth-order valence-electron chi connectivity index (χ4n) is 4.26. The number of nitrogens with one attached hydrogen (secondary N) is 2. The zero-order valence-corrected chi connectivity index (χ0v) is 17.6. The number of methoxy groups -OCH3 is 2. The molecule has 31 heavy (non-hydrogen) atoms. The third kappa shape index (κ3) is 4.11. The van der Waals surface area contributed by atoms with Crippen molar-refractivity contribution in [3.05, 3.63) is 53.1 Å². The van der Waals surface area contributed by atoms with E-state index >= 15 is 0 Å². The summed E-state index contributed by atoms with van der Waals surface area (Å²) in [5.74, 6) is -0.800. The molecule has 2 heterocycles. The molecular formula is C23H25N3O5. The lowest BCUT2D eigenvalue weighted by atomic mass is 9.99. The standard InChI is InChI=1S/C23H25N3O5/c1-30-18-8-4-3-7-17(18)19(31-2)13-24-22(28)23(29)25-16-10-14-6-5-9-26-20(27)12-15(11-16)21(14)26/h3-4,7-8,10-11,19H,5-6,9,12-13H2,1-2H3,(H,24,28)(H,25,29). The minimum Gasteiger partial charge on any atom is -0.496 e. The normalized spacial score (nSPS) is 15.3. The first-order chi connectivity index (χ1) is 15.0. The predicted molar refractivity (Wildman–Crippen MR) is 115 cm³/mol. The molecule has 0 aromatic heterocycles. The molecule has 3 amide bonds. The molecule has 4 rings (SSSR count). The molecule has 0 saturated heterocycles. The van der Waals surface area contributed by atoms with Crippen LogP contribution >= 0.6 is 0 Å². The van der Waals surface area contributed by atoms with Crippen LogP contribution in [0.25, 0.3) is 0 Å². The minimum atomic E-state index is -0.765. The Morgan fingerprint density at radius 3 is 2.68 bits per heavy atom. The second-order valence-corrected chi connectivity index (χ2v) is 7.60. The monoisotopic (exact) mass is 423 g/mol. The van der Waals surface area contributed by atoms with Gasteiger partial charge in [0.1, 0.15) is 11.9 Å². The summed E-state index contributed by atoms with van der Waals surface area (Å²) in [7, 11) is 3.10. The summed E-state index contributed by atoms with van der Waals surface area (Å²) in [6, 6.07) is 11.0. The third-order valence-corrected chi connectivity index (χ3v) is 5.69. The van der Waals surface area contributed by atoms with Crippen LogP contribution in [0, 0.1) is 0 Å². The molecule has 162 valence electrons. The topological polar surface area (TPSA) is 97.0 Å². The van der Waals surface area contributed by atoms with E-state index in [9.17, 15) is 14.4 Å². The van der Waals surface area contributed by atoms with Gasteiger partial charge in [0, 0.05) is 31.5 Å². The Balaban J connectivity index is 1.41. The molecule has 0 spiro atoms. The largest absolute Gasteiger partial charge is 0.496 e. The molecule has 8 nitrogen and oxygen atoms in total. The molecule has 2 aliphatic rings. The second-order valence-electron chi connectivity index (χ2n) is 7.60. The van der Waals surface area contributed by atoms with Gasteiger partial charge in [0.15, 0.2) is 0 Å².